The quantitative estimate of drug-likeness (QED) is 0.299. The summed E-state index contributed by atoms with van der Waals surface area (Å²) in [7, 11) is 0. The van der Waals surface area contributed by atoms with E-state index in [1.54, 1.807) is 6.20 Å². The third-order valence-electron chi connectivity index (χ3n) is 9.14. The van der Waals surface area contributed by atoms with Gasteiger partial charge in [-0.1, -0.05) is 18.2 Å². The molecule has 0 spiro atoms. The van der Waals surface area contributed by atoms with E-state index >= 15 is 0 Å². The van der Waals surface area contributed by atoms with E-state index in [0.717, 1.165) is 48.8 Å². The Morgan fingerprint density at radius 3 is 2.58 bits per heavy atom. The average Bonchev–Trinajstić information content (AvgIpc) is 3.74. The predicted molar refractivity (Wildman–Crippen MR) is 166 cm³/mol. The maximum Gasteiger partial charge on any atom is 0.434 e. The molecule has 10 nitrogen and oxygen atoms in total. The first-order valence-electron chi connectivity index (χ1n) is 15.4. The highest BCUT2D eigenvalue weighted by Crippen LogP contribution is 2.38. The fraction of sp³-hybridized carbons (Fsp3) is 0.455. The van der Waals surface area contributed by atoms with Crippen LogP contribution in [0.2, 0.25) is 0 Å². The van der Waals surface area contributed by atoms with Gasteiger partial charge in [-0.3, -0.25) is 15.0 Å². The van der Waals surface area contributed by atoms with Gasteiger partial charge in [0.2, 0.25) is 17.7 Å². The summed E-state index contributed by atoms with van der Waals surface area (Å²) in [5, 5.41) is 9.40. The number of H-pyrrole nitrogens is 1. The van der Waals surface area contributed by atoms with Crippen LogP contribution in [0.25, 0.3) is 0 Å². The van der Waals surface area contributed by atoms with Gasteiger partial charge in [0.05, 0.1) is 12.5 Å². The number of aromatic nitrogens is 4. The first kappa shape index (κ1) is 30.7. The molecule has 45 heavy (non-hydrogen) atoms. The van der Waals surface area contributed by atoms with Crippen LogP contribution < -0.4 is 16.0 Å². The van der Waals surface area contributed by atoms with Crippen LogP contribution in [0.1, 0.15) is 68.0 Å². The van der Waals surface area contributed by atoms with Crippen molar-refractivity contribution in [3.8, 4) is 0 Å². The molecule has 0 unspecified atom stereocenters. The van der Waals surface area contributed by atoms with Crippen molar-refractivity contribution >= 4 is 17.5 Å². The molecule has 2 saturated heterocycles. The average molecular weight is 620 g/mol. The van der Waals surface area contributed by atoms with Crippen molar-refractivity contribution in [3.05, 3.63) is 93.6 Å². The number of hydrogen-bond donors (Lipinski definition) is 2. The van der Waals surface area contributed by atoms with Crippen LogP contribution in [0.4, 0.5) is 20.4 Å². The van der Waals surface area contributed by atoms with Crippen LogP contribution in [0.15, 0.2) is 58.0 Å². The number of benzene rings is 2. The third-order valence-corrected chi connectivity index (χ3v) is 9.14. The third kappa shape index (κ3) is 6.56. The lowest BCUT2D eigenvalue weighted by molar-refractivity contribution is -0.120. The zero-order valence-electron chi connectivity index (χ0n) is 26.0. The number of nitrogens with one attached hydrogen (secondary N) is 2. The van der Waals surface area contributed by atoms with E-state index in [9.17, 15) is 18.4 Å². The summed E-state index contributed by atoms with van der Waals surface area (Å²) in [6, 6.07) is 9.92. The van der Waals surface area contributed by atoms with E-state index in [1.807, 2.05) is 10.8 Å². The molecule has 4 aromatic rings. The second-order valence-corrected chi connectivity index (χ2v) is 13.2. The summed E-state index contributed by atoms with van der Waals surface area (Å²) in [6.45, 7) is 11.2. The monoisotopic (exact) mass is 619 g/mol. The van der Waals surface area contributed by atoms with Crippen molar-refractivity contribution < 1.29 is 18.0 Å². The largest absolute Gasteiger partial charge is 0.434 e. The van der Waals surface area contributed by atoms with Crippen molar-refractivity contribution in [3.63, 3.8) is 0 Å². The predicted octanol–water partition coefficient (Wildman–Crippen LogP) is 5.03. The molecule has 2 atom stereocenters. The zero-order chi connectivity index (χ0) is 31.9. The summed E-state index contributed by atoms with van der Waals surface area (Å²) >= 11 is 0. The lowest BCUT2D eigenvalue weighted by Gasteiger charge is -2.34. The van der Waals surface area contributed by atoms with Gasteiger partial charge in [0, 0.05) is 67.7 Å². The lowest BCUT2D eigenvalue weighted by atomic mass is 9.88. The van der Waals surface area contributed by atoms with Crippen molar-refractivity contribution in [1.29, 1.82) is 0 Å². The van der Waals surface area contributed by atoms with Crippen LogP contribution in [-0.4, -0.2) is 62.3 Å². The molecule has 0 saturated carbocycles. The second-order valence-electron chi connectivity index (χ2n) is 13.2. The van der Waals surface area contributed by atoms with Crippen LogP contribution in [0.3, 0.4) is 0 Å². The number of carbonyl (C=O) groups is 1. The number of anilines is 2. The van der Waals surface area contributed by atoms with Gasteiger partial charge in [0.25, 0.3) is 0 Å². The minimum Gasteiger partial charge on any atom is -0.392 e. The van der Waals surface area contributed by atoms with Gasteiger partial charge >= 0.3 is 5.76 Å². The number of aromatic amines is 1. The van der Waals surface area contributed by atoms with Gasteiger partial charge in [-0.05, 0) is 69.4 Å². The minimum absolute atomic E-state index is 0.0842. The van der Waals surface area contributed by atoms with E-state index in [2.05, 4.69) is 76.2 Å². The molecule has 12 heteroatoms. The molecular weight excluding hydrogens is 580 g/mol. The number of likely N-dealkylation sites (tertiary alicyclic amines) is 1. The summed E-state index contributed by atoms with van der Waals surface area (Å²) in [4.78, 5) is 34.2. The number of amides is 1. The Hall–Kier alpha value is -4.32. The van der Waals surface area contributed by atoms with Gasteiger partial charge in [-0.15, -0.1) is 5.10 Å². The van der Waals surface area contributed by atoms with Crippen molar-refractivity contribution in [2.45, 2.75) is 64.5 Å². The maximum absolute atomic E-state index is 14.9. The number of rotatable bonds is 7. The first-order valence-corrected chi connectivity index (χ1v) is 15.4. The van der Waals surface area contributed by atoms with E-state index in [4.69, 9.17) is 4.42 Å². The number of hydrogen-bond acceptors (Lipinski definition) is 7. The van der Waals surface area contributed by atoms with E-state index in [0.29, 0.717) is 37.0 Å². The van der Waals surface area contributed by atoms with Crippen molar-refractivity contribution in [2.24, 2.45) is 5.92 Å². The summed E-state index contributed by atoms with van der Waals surface area (Å²) in [5.74, 6) is -2.10. The molecule has 2 aromatic carbocycles. The van der Waals surface area contributed by atoms with Gasteiger partial charge in [0.15, 0.2) is 0 Å². The molecular formula is C33H39F2N7O3. The van der Waals surface area contributed by atoms with Gasteiger partial charge in [-0.25, -0.2) is 23.7 Å². The highest BCUT2D eigenvalue weighted by atomic mass is 19.1. The molecule has 4 heterocycles. The van der Waals surface area contributed by atoms with Crippen LogP contribution >= 0.6 is 0 Å². The summed E-state index contributed by atoms with van der Waals surface area (Å²) in [5.41, 5.74) is 3.42. The Balaban J connectivity index is 1.19. The van der Waals surface area contributed by atoms with Crippen LogP contribution in [0, 0.1) is 24.5 Å². The number of carbonyl (C=O) groups excluding carboxylic acids is 1. The number of aryl methyl sites for hydroxylation is 1. The molecule has 2 fully saturated rings. The molecule has 2 aromatic heterocycles. The van der Waals surface area contributed by atoms with Gasteiger partial charge < -0.3 is 13.9 Å². The van der Waals surface area contributed by atoms with E-state index < -0.39 is 29.2 Å². The highest BCUT2D eigenvalue weighted by molar-refractivity contribution is 5.92. The Bertz CT molecular complexity index is 1730. The minimum atomic E-state index is -0.643. The number of halogens is 2. The maximum atomic E-state index is 14.9. The lowest BCUT2D eigenvalue weighted by Crippen LogP contribution is -2.40. The van der Waals surface area contributed by atoms with E-state index in [1.165, 1.54) is 12.1 Å². The molecule has 2 aliphatic rings. The smallest absolute Gasteiger partial charge is 0.392 e. The fourth-order valence-electron chi connectivity index (χ4n) is 6.57. The van der Waals surface area contributed by atoms with Crippen molar-refractivity contribution in [1.82, 2.24) is 24.6 Å². The standard InChI is InChI=1S/C33H39F2N7O3/c1-20-5-6-22(28(15-20)40-12-9-21(10-13-40)30-38-39-32(44)45-30)17-41-14-11-36-31(41)37-29(43)26-19-42(33(2,3)4)18-25(26)24-8-7-23(34)16-27(24)35/h5-8,11,14-16,21,25-26H,9-10,12-13,17-19H2,1-4H3,(H,39,44)(H,36,37,43)/t25-,26+/m0/s1. The molecule has 238 valence electrons. The molecule has 1 amide bonds. The Kier molecular flexibility index (Phi) is 8.34. The first-order chi connectivity index (χ1) is 21.5. The van der Waals surface area contributed by atoms with Crippen LogP contribution in [-0.2, 0) is 11.3 Å². The Morgan fingerprint density at radius 1 is 1.11 bits per heavy atom. The fourth-order valence-corrected chi connectivity index (χ4v) is 6.57. The molecule has 0 aliphatic carbocycles. The van der Waals surface area contributed by atoms with Crippen LogP contribution in [0.5, 0.6) is 0 Å². The summed E-state index contributed by atoms with van der Waals surface area (Å²) in [6.07, 6.45) is 5.09. The molecule has 2 aliphatic heterocycles. The second kappa shape index (κ2) is 12.2. The normalized spacial score (nSPS) is 19.7. The SMILES string of the molecule is Cc1ccc(Cn2ccnc2NC(=O)[C@@H]2CN(C(C)(C)C)C[C@H]2c2ccc(F)cc2F)c(N2CCC(c3n[nH]c(=O)o3)CC2)c1. The molecule has 6 rings (SSSR count). The molecule has 0 radical (unpaired) electrons. The number of imidazole rings is 1. The topological polar surface area (TPSA) is 112 Å². The highest BCUT2D eigenvalue weighted by Gasteiger charge is 2.43. The van der Waals surface area contributed by atoms with Gasteiger partial charge in [-0.2, -0.15) is 0 Å². The molecule has 2 N–H and O–H groups in total. The van der Waals surface area contributed by atoms with E-state index in [-0.39, 0.29) is 17.4 Å². The van der Waals surface area contributed by atoms with Gasteiger partial charge in [0.1, 0.15) is 11.6 Å². The number of nitrogens with zero attached hydrogens (tertiary/aromatic N) is 5. The molecule has 0 bridgehead atoms. The Labute approximate surface area is 260 Å². The zero-order valence-corrected chi connectivity index (χ0v) is 26.0. The summed E-state index contributed by atoms with van der Waals surface area (Å²) < 4.78 is 35.8. The van der Waals surface area contributed by atoms with Crippen molar-refractivity contribution in [2.75, 3.05) is 36.4 Å². The number of piperidine rings is 1. The Morgan fingerprint density at radius 2 is 1.89 bits per heavy atom.